The Hall–Kier alpha value is -0.390. The smallest absolute Gasteiger partial charge is 0.255 e. The van der Waals surface area contributed by atoms with Gasteiger partial charge >= 0.3 is 0 Å². The van der Waals surface area contributed by atoms with Gasteiger partial charge in [0.1, 0.15) is 0 Å². The molecule has 1 aliphatic heterocycles. The molecule has 5 heteroatoms. The Balaban J connectivity index is 2.10. The van der Waals surface area contributed by atoms with Gasteiger partial charge in [-0.1, -0.05) is 22.9 Å². The molecule has 1 heterocycles. The molecule has 0 spiro atoms. The molecule has 2 rings (SSSR count). The molecule has 0 bridgehead atoms. The lowest BCUT2D eigenvalue weighted by Crippen LogP contribution is -2.48. The van der Waals surface area contributed by atoms with Crippen molar-refractivity contribution in [1.29, 1.82) is 0 Å². The molecule has 18 heavy (non-hydrogen) atoms. The Morgan fingerprint density at radius 3 is 2.50 bits per heavy atom. The third kappa shape index (κ3) is 3.13. The van der Waals surface area contributed by atoms with Crippen molar-refractivity contribution in [3.63, 3.8) is 0 Å². The van der Waals surface area contributed by atoms with E-state index in [-0.39, 0.29) is 5.91 Å². The van der Waals surface area contributed by atoms with Crippen LogP contribution in [0.1, 0.15) is 17.3 Å². The van der Waals surface area contributed by atoms with Crippen LogP contribution < -0.4 is 0 Å². The van der Waals surface area contributed by atoms with Crippen LogP contribution in [0, 0.1) is 0 Å². The van der Waals surface area contributed by atoms with Crippen molar-refractivity contribution in [3.8, 4) is 0 Å². The number of amides is 1. The monoisotopic (exact) mass is 374 g/mol. The lowest BCUT2D eigenvalue weighted by atomic mass is 10.2. The number of likely N-dealkylation sites (N-methyl/N-ethyl adjacent to an activating group) is 1. The summed E-state index contributed by atoms with van der Waals surface area (Å²) in [5.74, 6) is 0.110. The van der Waals surface area contributed by atoms with E-state index in [1.54, 1.807) is 0 Å². The fourth-order valence-electron chi connectivity index (χ4n) is 2.10. The highest BCUT2D eigenvalue weighted by Gasteiger charge is 2.22. The molecule has 1 aromatic carbocycles. The third-order valence-electron chi connectivity index (χ3n) is 3.27. The van der Waals surface area contributed by atoms with Gasteiger partial charge in [0.25, 0.3) is 5.91 Å². The summed E-state index contributed by atoms with van der Waals surface area (Å²) in [6.45, 7) is 6.77. The Kier molecular flexibility index (Phi) is 4.81. The molecule has 1 aromatic rings. The van der Waals surface area contributed by atoms with Crippen LogP contribution in [0.5, 0.6) is 0 Å². The standard InChI is InChI=1S/C13H16Br2N2O/c1-2-16-5-7-17(8-6-16)13(18)11-9-10(14)3-4-12(11)15/h3-4,9H,2,5-8H2,1H3. The van der Waals surface area contributed by atoms with Crippen molar-refractivity contribution in [2.75, 3.05) is 32.7 Å². The number of hydrogen-bond acceptors (Lipinski definition) is 2. The van der Waals surface area contributed by atoms with Gasteiger partial charge in [0.05, 0.1) is 5.56 Å². The van der Waals surface area contributed by atoms with E-state index in [1.165, 1.54) is 0 Å². The second kappa shape index (κ2) is 6.17. The highest BCUT2D eigenvalue weighted by Crippen LogP contribution is 2.23. The molecule has 1 fully saturated rings. The normalized spacial score (nSPS) is 16.9. The first-order valence-corrected chi connectivity index (χ1v) is 7.67. The van der Waals surface area contributed by atoms with Crippen LogP contribution >= 0.6 is 31.9 Å². The Bertz CT molecular complexity index is 443. The van der Waals surface area contributed by atoms with Gasteiger partial charge < -0.3 is 9.80 Å². The maximum absolute atomic E-state index is 12.4. The van der Waals surface area contributed by atoms with Crippen LogP contribution in [0.25, 0.3) is 0 Å². The average Bonchev–Trinajstić information content (AvgIpc) is 2.41. The molecule has 0 radical (unpaired) electrons. The SMILES string of the molecule is CCN1CCN(C(=O)c2cc(Br)ccc2Br)CC1. The van der Waals surface area contributed by atoms with E-state index in [9.17, 15) is 4.79 Å². The van der Waals surface area contributed by atoms with Crippen LogP contribution in [0.2, 0.25) is 0 Å². The predicted octanol–water partition coefficient (Wildman–Crippen LogP) is 2.99. The topological polar surface area (TPSA) is 23.6 Å². The van der Waals surface area contributed by atoms with E-state index in [1.807, 2.05) is 23.1 Å². The molecule has 0 atom stereocenters. The third-order valence-corrected chi connectivity index (χ3v) is 4.45. The summed E-state index contributed by atoms with van der Waals surface area (Å²) in [6.07, 6.45) is 0. The number of piperazine rings is 1. The van der Waals surface area contributed by atoms with E-state index < -0.39 is 0 Å². The highest BCUT2D eigenvalue weighted by atomic mass is 79.9. The van der Waals surface area contributed by atoms with Crippen LogP contribution in [-0.2, 0) is 0 Å². The van der Waals surface area contributed by atoms with Crippen molar-refractivity contribution in [1.82, 2.24) is 9.80 Å². The molecule has 98 valence electrons. The number of carbonyl (C=O) groups excluding carboxylic acids is 1. The molecule has 0 saturated carbocycles. The van der Waals surface area contributed by atoms with Gasteiger partial charge in [0.15, 0.2) is 0 Å². The maximum atomic E-state index is 12.4. The van der Waals surface area contributed by atoms with Gasteiger partial charge in [-0.25, -0.2) is 0 Å². The van der Waals surface area contributed by atoms with E-state index in [0.717, 1.165) is 47.2 Å². The molecule has 0 unspecified atom stereocenters. The van der Waals surface area contributed by atoms with Gasteiger partial charge in [-0.05, 0) is 40.7 Å². The summed E-state index contributed by atoms with van der Waals surface area (Å²) in [7, 11) is 0. The molecule has 0 N–H and O–H groups in total. The van der Waals surface area contributed by atoms with Gasteiger partial charge in [-0.3, -0.25) is 4.79 Å². The second-order valence-corrected chi connectivity index (χ2v) is 6.12. The first kappa shape index (κ1) is 14.0. The lowest BCUT2D eigenvalue weighted by molar-refractivity contribution is 0.0642. The number of nitrogens with zero attached hydrogens (tertiary/aromatic N) is 2. The number of halogens is 2. The van der Waals surface area contributed by atoms with Crippen LogP contribution in [-0.4, -0.2) is 48.4 Å². The Morgan fingerprint density at radius 2 is 1.89 bits per heavy atom. The predicted molar refractivity (Wildman–Crippen MR) is 79.9 cm³/mol. The number of rotatable bonds is 2. The van der Waals surface area contributed by atoms with Crippen molar-refractivity contribution in [3.05, 3.63) is 32.7 Å². The zero-order valence-corrected chi connectivity index (χ0v) is 13.5. The first-order chi connectivity index (χ1) is 8.61. The van der Waals surface area contributed by atoms with Crippen LogP contribution in [0.4, 0.5) is 0 Å². The average molecular weight is 376 g/mol. The molecular weight excluding hydrogens is 360 g/mol. The van der Waals surface area contributed by atoms with E-state index >= 15 is 0 Å². The van der Waals surface area contributed by atoms with Crippen LogP contribution in [0.3, 0.4) is 0 Å². The zero-order chi connectivity index (χ0) is 13.1. The quantitative estimate of drug-likeness (QED) is 0.793. The first-order valence-electron chi connectivity index (χ1n) is 6.08. The summed E-state index contributed by atoms with van der Waals surface area (Å²) in [4.78, 5) is 16.7. The largest absolute Gasteiger partial charge is 0.336 e. The van der Waals surface area contributed by atoms with E-state index in [0.29, 0.717) is 0 Å². The summed E-state index contributed by atoms with van der Waals surface area (Å²) in [6, 6.07) is 5.70. The highest BCUT2D eigenvalue weighted by molar-refractivity contribution is 9.11. The molecule has 0 aromatic heterocycles. The minimum absolute atomic E-state index is 0.110. The van der Waals surface area contributed by atoms with Gasteiger partial charge in [-0.15, -0.1) is 0 Å². The van der Waals surface area contributed by atoms with Gasteiger partial charge in [0, 0.05) is 35.1 Å². The van der Waals surface area contributed by atoms with Crippen LogP contribution in [0.15, 0.2) is 27.1 Å². The van der Waals surface area contributed by atoms with E-state index in [4.69, 9.17) is 0 Å². The summed E-state index contributed by atoms with van der Waals surface area (Å²) in [5.41, 5.74) is 0.731. The molecular formula is C13H16Br2N2O. The Morgan fingerprint density at radius 1 is 1.22 bits per heavy atom. The number of carbonyl (C=O) groups is 1. The fourth-order valence-corrected chi connectivity index (χ4v) is 2.88. The minimum Gasteiger partial charge on any atom is -0.336 e. The molecule has 0 aliphatic carbocycles. The molecule has 1 aliphatic rings. The van der Waals surface area contributed by atoms with Gasteiger partial charge in [0.2, 0.25) is 0 Å². The van der Waals surface area contributed by atoms with Gasteiger partial charge in [-0.2, -0.15) is 0 Å². The Labute approximate surface area is 124 Å². The molecule has 1 amide bonds. The summed E-state index contributed by atoms with van der Waals surface area (Å²) in [5, 5.41) is 0. The van der Waals surface area contributed by atoms with Crippen molar-refractivity contribution in [2.24, 2.45) is 0 Å². The van der Waals surface area contributed by atoms with Crippen molar-refractivity contribution >= 4 is 37.8 Å². The van der Waals surface area contributed by atoms with Crippen molar-refractivity contribution in [2.45, 2.75) is 6.92 Å². The van der Waals surface area contributed by atoms with Crippen molar-refractivity contribution < 1.29 is 4.79 Å². The maximum Gasteiger partial charge on any atom is 0.255 e. The minimum atomic E-state index is 0.110. The second-order valence-electron chi connectivity index (χ2n) is 4.35. The zero-order valence-electron chi connectivity index (χ0n) is 10.3. The number of hydrogen-bond donors (Lipinski definition) is 0. The lowest BCUT2D eigenvalue weighted by Gasteiger charge is -2.34. The fraction of sp³-hybridized carbons (Fsp3) is 0.462. The number of benzene rings is 1. The summed E-state index contributed by atoms with van der Waals surface area (Å²) >= 11 is 6.85. The van der Waals surface area contributed by atoms with E-state index in [2.05, 4.69) is 43.7 Å². The molecule has 1 saturated heterocycles. The summed E-state index contributed by atoms with van der Waals surface area (Å²) < 4.78 is 1.79. The molecule has 3 nitrogen and oxygen atoms in total.